The van der Waals surface area contributed by atoms with E-state index < -0.39 is 11.1 Å². The molecule has 0 bridgehead atoms. The summed E-state index contributed by atoms with van der Waals surface area (Å²) < 4.78 is 12.1. The van der Waals surface area contributed by atoms with Crippen molar-refractivity contribution in [1.82, 2.24) is 105 Å². The number of unbranched alkanes of at least 4 members (excludes halogenated alkanes) is 5. The number of aromatic nitrogens is 10. The lowest BCUT2D eigenvalue weighted by atomic mass is 9.68. The van der Waals surface area contributed by atoms with Crippen LogP contribution in [0, 0.1) is 17.3 Å². The number of amides is 8. The van der Waals surface area contributed by atoms with Gasteiger partial charge < -0.3 is 54.0 Å². The van der Waals surface area contributed by atoms with Crippen molar-refractivity contribution in [2.45, 2.75) is 373 Å². The minimum Gasteiger partial charge on any atom is -0.376 e. The normalized spacial score (nSPS) is 26.7. The number of hydrogen-bond donors (Lipinski definition) is 6. The monoisotopic (exact) mass is 1770 g/mol. The summed E-state index contributed by atoms with van der Waals surface area (Å²) in [6.07, 6.45) is 47.9. The molecule has 28 heteroatoms. The highest BCUT2D eigenvalue weighted by atomic mass is 16.5. The number of hydrogen-bond acceptors (Lipinski definition) is 17. The van der Waals surface area contributed by atoms with Crippen LogP contribution in [0.3, 0.4) is 0 Å². The fourth-order valence-corrected chi connectivity index (χ4v) is 22.6. The maximum atomic E-state index is 12.6. The van der Waals surface area contributed by atoms with E-state index >= 15 is 0 Å². The van der Waals surface area contributed by atoms with Crippen molar-refractivity contribution >= 4 is 29.9 Å². The van der Waals surface area contributed by atoms with E-state index in [0.717, 1.165) is 142 Å². The van der Waals surface area contributed by atoms with Crippen LogP contribution >= 0.6 is 0 Å². The van der Waals surface area contributed by atoms with Crippen LogP contribution in [-0.4, -0.2) is 282 Å². The van der Waals surface area contributed by atoms with E-state index in [4.69, 9.17) is 9.47 Å². The van der Waals surface area contributed by atoms with Gasteiger partial charge in [-0.25, -0.2) is 14.4 Å². The van der Waals surface area contributed by atoms with E-state index in [2.05, 4.69) is 185 Å². The Bertz CT molecular complexity index is 4050. The van der Waals surface area contributed by atoms with E-state index in [-0.39, 0.29) is 55.1 Å². The first-order valence-corrected chi connectivity index (χ1v) is 49.5. The highest BCUT2D eigenvalue weighted by molar-refractivity contribution is 6.07. The summed E-state index contributed by atoms with van der Waals surface area (Å²) in [6.45, 7) is 32.9. The van der Waals surface area contributed by atoms with Gasteiger partial charge in [-0.3, -0.25) is 44.9 Å². The quantitative estimate of drug-likeness (QED) is 0.0203. The maximum absolute atomic E-state index is 12.6. The summed E-state index contributed by atoms with van der Waals surface area (Å²) in [7, 11) is 19.7. The molecule has 6 aliphatic carbocycles. The number of nitrogens with one attached hydrogen (secondary N) is 6. The van der Waals surface area contributed by atoms with Gasteiger partial charge in [-0.05, 0) is 279 Å². The zero-order chi connectivity index (χ0) is 90.9. The second kappa shape index (κ2) is 49.4. The van der Waals surface area contributed by atoms with E-state index in [0.29, 0.717) is 60.7 Å². The molecule has 9 aliphatic rings. The average molecular weight is 1770 g/mol. The SMILES string of the molecule is C.CCCCN(C)Cc1cn[nH]c1C1CCC(CC(C)C)CC1.CCCCN(C)Cc1cn[nH]c1C1CCC2(CC1)C(=O)N(C)C(=O)N2C.CCCCN(C)Cc1cn[nH]c1C1CCC2(CC1)CC(OCC)C(OCC)C2.CCCCN(C)Cc1cn[nH]c1C1CCC2(CC1)CN(C)C(=O)N2C.CCCCN(C)Cc1cn[nH]c1C1CCC2(CC1)NC(=O)N(C)C2=O. The Kier molecular flexibility index (Phi) is 40.3. The van der Waals surface area contributed by atoms with Gasteiger partial charge in [-0.15, -0.1) is 0 Å². The Balaban J connectivity index is 0.000000179. The van der Waals surface area contributed by atoms with Crippen molar-refractivity contribution < 1.29 is 33.4 Å². The van der Waals surface area contributed by atoms with Gasteiger partial charge in [0.1, 0.15) is 11.1 Å². The minimum absolute atomic E-state index is 0. The van der Waals surface area contributed by atoms with Gasteiger partial charge in [-0.2, -0.15) is 25.5 Å². The van der Waals surface area contributed by atoms with Crippen LogP contribution in [0.25, 0.3) is 0 Å². The van der Waals surface area contributed by atoms with E-state index in [1.807, 2.05) is 48.7 Å². The van der Waals surface area contributed by atoms with Crippen molar-refractivity contribution in [3.05, 3.63) is 87.3 Å². The molecular formula is C99H173N21O7. The number of ether oxygens (including phenoxy) is 2. The molecule has 6 saturated carbocycles. The molecule has 28 nitrogen and oxygen atoms in total. The molecule has 716 valence electrons. The van der Waals surface area contributed by atoms with Gasteiger partial charge in [0.15, 0.2) is 0 Å². The number of carbonyl (C=O) groups excluding carboxylic acids is 5. The molecule has 5 aromatic heterocycles. The first-order valence-electron chi connectivity index (χ1n) is 49.5. The van der Waals surface area contributed by atoms with Crippen molar-refractivity contribution in [2.75, 3.05) is 123 Å². The van der Waals surface area contributed by atoms with Gasteiger partial charge in [0.2, 0.25) is 0 Å². The Morgan fingerprint density at radius 3 is 1.02 bits per heavy atom. The topological polar surface area (TPSA) is 292 Å². The number of rotatable bonds is 36. The minimum atomic E-state index is -0.680. The summed E-state index contributed by atoms with van der Waals surface area (Å²) in [4.78, 5) is 81.1. The predicted molar refractivity (Wildman–Crippen MR) is 509 cm³/mol. The van der Waals surface area contributed by atoms with E-state index in [1.165, 1.54) is 207 Å². The number of carbonyl (C=O) groups is 5. The van der Waals surface area contributed by atoms with Gasteiger partial charge in [0.25, 0.3) is 11.8 Å². The fourth-order valence-electron chi connectivity index (χ4n) is 22.6. The second-order valence-electron chi connectivity index (χ2n) is 40.4. The maximum Gasteiger partial charge on any atom is 0.327 e. The van der Waals surface area contributed by atoms with Crippen LogP contribution in [0.4, 0.5) is 14.4 Å². The molecule has 4 spiro atoms. The average Bonchev–Trinajstić information content (AvgIpc) is 1.58. The molecular weight excluding hydrogens is 1600 g/mol. The molecule has 3 aliphatic heterocycles. The number of likely N-dealkylation sites (N-methyl/N-ethyl adjacent to an activating group) is 5. The summed E-state index contributed by atoms with van der Waals surface area (Å²) >= 11 is 0. The van der Waals surface area contributed by atoms with Crippen LogP contribution in [0.1, 0.15) is 368 Å². The lowest BCUT2D eigenvalue weighted by molar-refractivity contribution is -0.134. The van der Waals surface area contributed by atoms with Gasteiger partial charge in [0.05, 0.1) is 48.7 Å². The smallest absolute Gasteiger partial charge is 0.327 e. The van der Waals surface area contributed by atoms with Crippen LogP contribution in [0.5, 0.6) is 0 Å². The van der Waals surface area contributed by atoms with Crippen LogP contribution in [0.2, 0.25) is 0 Å². The molecule has 9 fully saturated rings. The molecule has 8 heterocycles. The fraction of sp³-hybridized carbons (Fsp3) is 0.798. The van der Waals surface area contributed by atoms with Crippen LogP contribution in [0.15, 0.2) is 31.0 Å². The molecule has 5 aromatic rings. The van der Waals surface area contributed by atoms with Crippen molar-refractivity contribution in [1.29, 1.82) is 0 Å². The number of nitrogens with zero attached hydrogens (tertiary/aromatic N) is 15. The summed E-state index contributed by atoms with van der Waals surface area (Å²) in [5.41, 5.74) is 12.3. The van der Waals surface area contributed by atoms with Gasteiger partial charge in [0, 0.05) is 174 Å². The number of imide groups is 2. The number of H-pyrrole nitrogens is 5. The highest BCUT2D eigenvalue weighted by Crippen LogP contribution is 2.55. The molecule has 14 rings (SSSR count). The number of urea groups is 3. The third-order valence-electron chi connectivity index (χ3n) is 30.3. The molecule has 2 unspecified atom stereocenters. The summed E-state index contributed by atoms with van der Waals surface area (Å²) in [6, 6.07) is -0.297. The highest BCUT2D eigenvalue weighted by Gasteiger charge is 2.57. The Labute approximate surface area is 764 Å². The van der Waals surface area contributed by atoms with E-state index in [9.17, 15) is 24.0 Å². The van der Waals surface area contributed by atoms with Crippen molar-refractivity contribution in [3.63, 3.8) is 0 Å². The second-order valence-corrected chi connectivity index (χ2v) is 40.4. The molecule has 0 aromatic carbocycles. The lowest BCUT2D eigenvalue weighted by Crippen LogP contribution is -2.50. The van der Waals surface area contributed by atoms with Crippen molar-refractivity contribution in [2.24, 2.45) is 17.3 Å². The van der Waals surface area contributed by atoms with E-state index in [1.54, 1.807) is 26.0 Å². The molecule has 3 saturated heterocycles. The molecule has 8 amide bonds. The molecule has 0 radical (unpaired) electrons. The molecule has 6 N–H and O–H groups in total. The number of aromatic amines is 5. The standard InChI is InChI=1S/C23H41N3O2.C19H31N5O2.C19H33N5O.C19H35N3.C18H29N5O2.CH4/c1-5-8-13-26(4)17-19-16-24-25-22(19)18-9-11-23(12-10-18)14-20(27-6-2)21(15-23)28-7-3;1-5-6-11-22(2)13-15-12-20-21-16(15)14-7-9-19(10-8-14)17(25)23(3)18(26)24(19)4;1-5-6-11-22(2)13-16-12-20-21-17(16)15-7-9-19(10-8-15)14-23(3)18(25)24(19)4;1-5-6-11-22(4)14-18-13-20-21-19(18)17-9-7-16(8-10-17)12-15(2)3;1-4-5-10-22(2)12-14-11-19-21-15(14)13-6-8-18(9-7-13)16(24)23(3)17(25)20-18;/h16,18,20-21H,5-15,17H2,1-4H3,(H,24,25);12,14H,5-11,13H2,1-4H3,(H,20,21);12,15H,5-11,13-14H2,1-4H3,(H,20,21);13,15-17H,5-12,14H2,1-4H3,(H,20,21);11,13H,4-10,12H2,1-3H3,(H,19,21)(H,20,25);1H4. The first kappa shape index (κ1) is 104. The van der Waals surface area contributed by atoms with Crippen molar-refractivity contribution in [3.8, 4) is 0 Å². The van der Waals surface area contributed by atoms with Crippen LogP contribution < -0.4 is 5.32 Å². The molecule has 2 atom stereocenters. The van der Waals surface area contributed by atoms with Crippen LogP contribution in [-0.2, 0) is 51.8 Å². The third kappa shape index (κ3) is 26.7. The summed E-state index contributed by atoms with van der Waals surface area (Å²) in [5.74, 6) is 4.29. The largest absolute Gasteiger partial charge is 0.376 e. The predicted octanol–water partition coefficient (Wildman–Crippen LogP) is 18.3. The zero-order valence-electron chi connectivity index (χ0n) is 81.7. The molecule has 127 heavy (non-hydrogen) atoms. The Hall–Kier alpha value is -7.08. The third-order valence-corrected chi connectivity index (χ3v) is 30.3. The van der Waals surface area contributed by atoms with Gasteiger partial charge in [-0.1, -0.05) is 88.0 Å². The lowest BCUT2D eigenvalue weighted by Gasteiger charge is -2.40. The first-order chi connectivity index (χ1) is 60.5. The summed E-state index contributed by atoms with van der Waals surface area (Å²) in [5, 5.41) is 40.9. The van der Waals surface area contributed by atoms with Gasteiger partial charge >= 0.3 is 18.1 Å². The Morgan fingerprint density at radius 2 is 0.732 bits per heavy atom. The zero-order valence-corrected chi connectivity index (χ0v) is 81.7. The Morgan fingerprint density at radius 1 is 0.409 bits per heavy atom.